The van der Waals surface area contributed by atoms with E-state index in [2.05, 4.69) is 23.4 Å². The Morgan fingerprint density at radius 1 is 1.39 bits per heavy atom. The maximum Gasteiger partial charge on any atom is 0.0534 e. The number of nitrogens with one attached hydrogen (secondary N) is 1. The van der Waals surface area contributed by atoms with Gasteiger partial charge in [-0.3, -0.25) is 4.68 Å². The van der Waals surface area contributed by atoms with Crippen molar-refractivity contribution in [3.05, 3.63) is 53.3 Å². The lowest BCUT2D eigenvalue weighted by Gasteiger charge is -2.17. The minimum Gasteiger partial charge on any atom is -0.308 e. The van der Waals surface area contributed by atoms with Gasteiger partial charge in [-0.2, -0.15) is 5.10 Å². The Balaban J connectivity index is 1.89. The van der Waals surface area contributed by atoms with E-state index in [0.717, 1.165) is 24.5 Å². The van der Waals surface area contributed by atoms with E-state index in [1.807, 2.05) is 35.1 Å². The van der Waals surface area contributed by atoms with Crippen LogP contribution in [0, 0.1) is 0 Å². The van der Waals surface area contributed by atoms with E-state index in [1.54, 1.807) is 6.20 Å². The van der Waals surface area contributed by atoms with E-state index in [9.17, 15) is 0 Å². The number of rotatable bonds is 6. The fourth-order valence-corrected chi connectivity index (χ4v) is 2.21. The first-order valence-corrected chi connectivity index (χ1v) is 6.63. The van der Waals surface area contributed by atoms with Crippen LogP contribution in [0.4, 0.5) is 0 Å². The molecule has 0 saturated carbocycles. The molecule has 2 aromatic rings. The van der Waals surface area contributed by atoms with Gasteiger partial charge >= 0.3 is 0 Å². The quantitative estimate of drug-likeness (QED) is 0.867. The molecule has 0 saturated heterocycles. The van der Waals surface area contributed by atoms with Crippen LogP contribution in [0.5, 0.6) is 0 Å². The van der Waals surface area contributed by atoms with Crippen molar-refractivity contribution in [2.24, 2.45) is 0 Å². The first kappa shape index (κ1) is 13.1. The lowest BCUT2D eigenvalue weighted by Crippen LogP contribution is -2.25. The smallest absolute Gasteiger partial charge is 0.0534 e. The predicted molar refractivity (Wildman–Crippen MR) is 74.7 cm³/mol. The van der Waals surface area contributed by atoms with Crippen LogP contribution in [0.25, 0.3) is 0 Å². The number of halogens is 1. The van der Waals surface area contributed by atoms with E-state index < -0.39 is 0 Å². The van der Waals surface area contributed by atoms with E-state index in [-0.39, 0.29) is 0 Å². The van der Waals surface area contributed by atoms with E-state index in [1.165, 1.54) is 5.56 Å². The van der Waals surface area contributed by atoms with Crippen LogP contribution >= 0.6 is 11.6 Å². The molecule has 3 nitrogen and oxygen atoms in total. The van der Waals surface area contributed by atoms with Gasteiger partial charge in [0.25, 0.3) is 0 Å². The second-order valence-electron chi connectivity index (χ2n) is 4.24. The van der Waals surface area contributed by atoms with Crippen molar-refractivity contribution in [2.75, 3.05) is 6.54 Å². The van der Waals surface area contributed by atoms with Crippen LogP contribution in [0.1, 0.15) is 24.9 Å². The van der Waals surface area contributed by atoms with Crippen molar-refractivity contribution < 1.29 is 0 Å². The fraction of sp³-hybridized carbons (Fsp3) is 0.357. The van der Waals surface area contributed by atoms with Gasteiger partial charge in [0.05, 0.1) is 6.54 Å². The van der Waals surface area contributed by atoms with Crippen molar-refractivity contribution >= 4 is 11.6 Å². The molecule has 0 aliphatic carbocycles. The summed E-state index contributed by atoms with van der Waals surface area (Å²) in [7, 11) is 0. The topological polar surface area (TPSA) is 29.9 Å². The van der Waals surface area contributed by atoms with Crippen LogP contribution in [-0.2, 0) is 6.54 Å². The second kappa shape index (κ2) is 6.57. The van der Waals surface area contributed by atoms with Gasteiger partial charge in [0.15, 0.2) is 0 Å². The minimum atomic E-state index is 0.347. The summed E-state index contributed by atoms with van der Waals surface area (Å²) in [5.41, 5.74) is 1.24. The molecular weight excluding hydrogens is 246 g/mol. The molecule has 1 unspecified atom stereocenters. The molecule has 0 aliphatic heterocycles. The molecule has 1 heterocycles. The first-order valence-electron chi connectivity index (χ1n) is 6.26. The monoisotopic (exact) mass is 263 g/mol. The van der Waals surface area contributed by atoms with Gasteiger partial charge in [0, 0.05) is 30.0 Å². The van der Waals surface area contributed by atoms with Gasteiger partial charge in [-0.15, -0.1) is 0 Å². The third kappa shape index (κ3) is 3.59. The molecule has 0 amide bonds. The highest BCUT2D eigenvalue weighted by Gasteiger charge is 2.08. The Kier molecular flexibility index (Phi) is 4.79. The molecule has 18 heavy (non-hydrogen) atoms. The zero-order valence-corrected chi connectivity index (χ0v) is 11.3. The van der Waals surface area contributed by atoms with Crippen LogP contribution in [0.15, 0.2) is 42.7 Å². The van der Waals surface area contributed by atoms with E-state index in [4.69, 9.17) is 11.6 Å². The van der Waals surface area contributed by atoms with Crippen molar-refractivity contribution in [2.45, 2.75) is 25.9 Å². The number of benzene rings is 1. The molecule has 0 fully saturated rings. The predicted octanol–water partition coefficient (Wildman–Crippen LogP) is 3.28. The Hall–Kier alpha value is -1.32. The largest absolute Gasteiger partial charge is 0.308 e. The first-order chi connectivity index (χ1) is 8.79. The summed E-state index contributed by atoms with van der Waals surface area (Å²) < 4.78 is 1.93. The van der Waals surface area contributed by atoms with Gasteiger partial charge in [-0.25, -0.2) is 0 Å². The normalized spacial score (nSPS) is 12.6. The average Bonchev–Trinajstić information content (AvgIpc) is 2.88. The number of hydrogen-bond acceptors (Lipinski definition) is 2. The average molecular weight is 264 g/mol. The molecule has 0 radical (unpaired) electrons. The Bertz CT molecular complexity index is 468. The SMILES string of the molecule is CCC(NCCn1cccn1)c1cccc(Cl)c1. The van der Waals surface area contributed by atoms with E-state index >= 15 is 0 Å². The molecule has 4 heteroatoms. The Labute approximate surface area is 113 Å². The highest BCUT2D eigenvalue weighted by molar-refractivity contribution is 6.30. The second-order valence-corrected chi connectivity index (χ2v) is 4.68. The van der Waals surface area contributed by atoms with Gasteiger partial charge in [-0.05, 0) is 30.2 Å². The third-order valence-corrected chi connectivity index (χ3v) is 3.19. The molecule has 1 aromatic carbocycles. The summed E-state index contributed by atoms with van der Waals surface area (Å²) in [6.45, 7) is 3.95. The fourth-order valence-electron chi connectivity index (χ4n) is 2.01. The van der Waals surface area contributed by atoms with Crippen molar-refractivity contribution in [1.29, 1.82) is 0 Å². The molecular formula is C14H18ClN3. The summed E-state index contributed by atoms with van der Waals surface area (Å²) in [4.78, 5) is 0. The summed E-state index contributed by atoms with van der Waals surface area (Å²) in [5.74, 6) is 0. The molecule has 2 rings (SSSR count). The lowest BCUT2D eigenvalue weighted by molar-refractivity contribution is 0.477. The molecule has 1 atom stereocenters. The molecule has 0 aliphatic rings. The molecule has 1 N–H and O–H groups in total. The summed E-state index contributed by atoms with van der Waals surface area (Å²) in [6, 6.07) is 10.3. The standard InChI is InChI=1S/C14H18ClN3/c1-2-14(12-5-3-6-13(15)11-12)16-8-10-18-9-4-7-17-18/h3-7,9,11,14,16H,2,8,10H2,1H3. The van der Waals surface area contributed by atoms with Gasteiger partial charge < -0.3 is 5.32 Å². The maximum atomic E-state index is 6.02. The molecule has 0 bridgehead atoms. The lowest BCUT2D eigenvalue weighted by atomic mass is 10.0. The third-order valence-electron chi connectivity index (χ3n) is 2.95. The Morgan fingerprint density at radius 2 is 2.28 bits per heavy atom. The number of hydrogen-bond donors (Lipinski definition) is 1. The Morgan fingerprint density at radius 3 is 2.94 bits per heavy atom. The minimum absolute atomic E-state index is 0.347. The van der Waals surface area contributed by atoms with Crippen LogP contribution in [-0.4, -0.2) is 16.3 Å². The van der Waals surface area contributed by atoms with Gasteiger partial charge in [0.1, 0.15) is 0 Å². The van der Waals surface area contributed by atoms with Crippen LogP contribution in [0.3, 0.4) is 0 Å². The van der Waals surface area contributed by atoms with Crippen molar-refractivity contribution in [3.63, 3.8) is 0 Å². The van der Waals surface area contributed by atoms with Gasteiger partial charge in [0.2, 0.25) is 0 Å². The van der Waals surface area contributed by atoms with Crippen LogP contribution < -0.4 is 5.32 Å². The number of aromatic nitrogens is 2. The zero-order chi connectivity index (χ0) is 12.8. The molecule has 0 spiro atoms. The maximum absolute atomic E-state index is 6.02. The van der Waals surface area contributed by atoms with Crippen molar-refractivity contribution in [3.8, 4) is 0 Å². The van der Waals surface area contributed by atoms with Crippen LogP contribution in [0.2, 0.25) is 5.02 Å². The highest BCUT2D eigenvalue weighted by Crippen LogP contribution is 2.19. The number of nitrogens with zero attached hydrogens (tertiary/aromatic N) is 2. The van der Waals surface area contributed by atoms with E-state index in [0.29, 0.717) is 6.04 Å². The van der Waals surface area contributed by atoms with Gasteiger partial charge in [-0.1, -0.05) is 30.7 Å². The highest BCUT2D eigenvalue weighted by atomic mass is 35.5. The van der Waals surface area contributed by atoms with Crippen molar-refractivity contribution in [1.82, 2.24) is 15.1 Å². The summed E-state index contributed by atoms with van der Waals surface area (Å²) >= 11 is 6.02. The molecule has 1 aromatic heterocycles. The molecule has 96 valence electrons. The summed E-state index contributed by atoms with van der Waals surface area (Å²) in [5, 5.41) is 8.50. The summed E-state index contributed by atoms with van der Waals surface area (Å²) in [6.07, 6.45) is 4.82. The zero-order valence-electron chi connectivity index (χ0n) is 10.5.